The van der Waals surface area contributed by atoms with Crippen LogP contribution in [0, 0.1) is 0 Å². The van der Waals surface area contributed by atoms with Gasteiger partial charge in [-0.25, -0.2) is 9.97 Å². The Hall–Kier alpha value is -3.45. The first-order valence-electron chi connectivity index (χ1n) is 8.77. The third kappa shape index (κ3) is 3.16. The van der Waals surface area contributed by atoms with E-state index in [-0.39, 0.29) is 0 Å². The van der Waals surface area contributed by atoms with Gasteiger partial charge in [-0.3, -0.25) is 9.20 Å². The van der Waals surface area contributed by atoms with E-state index in [1.54, 1.807) is 26.5 Å². The summed E-state index contributed by atoms with van der Waals surface area (Å²) in [5, 5.41) is 0.751. The summed E-state index contributed by atoms with van der Waals surface area (Å²) in [5.74, 6) is 1.33. The van der Waals surface area contributed by atoms with Crippen LogP contribution in [-0.4, -0.2) is 48.1 Å². The first-order chi connectivity index (χ1) is 13.7. The van der Waals surface area contributed by atoms with Crippen molar-refractivity contribution in [3.05, 3.63) is 54.4 Å². The summed E-state index contributed by atoms with van der Waals surface area (Å²) in [6.07, 6.45) is 4.43. The Morgan fingerprint density at radius 2 is 2.04 bits per heavy atom. The van der Waals surface area contributed by atoms with Crippen molar-refractivity contribution in [2.24, 2.45) is 0 Å². The lowest BCUT2D eigenvalue weighted by molar-refractivity contribution is 0.112. The Morgan fingerprint density at radius 3 is 2.82 bits per heavy atom. The highest BCUT2D eigenvalue weighted by molar-refractivity contribution is 6.00. The summed E-state index contributed by atoms with van der Waals surface area (Å²) in [6.45, 7) is 0.983. The number of fused-ring (bicyclic) bond motifs is 2. The third-order valence-corrected chi connectivity index (χ3v) is 4.48. The average Bonchev–Trinajstić information content (AvgIpc) is 3.16. The molecule has 0 saturated heterocycles. The molecule has 0 radical (unpaired) electrons. The highest BCUT2D eigenvalue weighted by Crippen LogP contribution is 2.30. The zero-order valence-electron chi connectivity index (χ0n) is 15.6. The smallest absolute Gasteiger partial charge is 0.150 e. The van der Waals surface area contributed by atoms with E-state index in [9.17, 15) is 4.79 Å². The van der Waals surface area contributed by atoms with Gasteiger partial charge in [0.05, 0.1) is 31.3 Å². The van der Waals surface area contributed by atoms with Crippen LogP contribution in [0.25, 0.3) is 27.9 Å². The number of nitrogens with zero attached hydrogens (tertiary/aromatic N) is 3. The number of benzene rings is 1. The van der Waals surface area contributed by atoms with Crippen LogP contribution in [0.5, 0.6) is 11.5 Å². The van der Waals surface area contributed by atoms with Crippen molar-refractivity contribution in [3.8, 4) is 22.9 Å². The molecular formula is C21H19N3O4. The molecule has 4 rings (SSSR count). The van der Waals surface area contributed by atoms with Crippen LogP contribution in [0.15, 0.2) is 48.8 Å². The summed E-state index contributed by atoms with van der Waals surface area (Å²) >= 11 is 0. The fourth-order valence-corrected chi connectivity index (χ4v) is 3.13. The number of carbonyl (C=O) groups excluding carboxylic acids is 1. The van der Waals surface area contributed by atoms with Crippen molar-refractivity contribution in [3.63, 3.8) is 0 Å². The number of hydrogen-bond donors (Lipinski definition) is 0. The molecule has 28 heavy (non-hydrogen) atoms. The molecule has 3 heterocycles. The minimum atomic E-state index is 0.467. The van der Waals surface area contributed by atoms with Crippen LogP contribution < -0.4 is 9.47 Å². The maximum atomic E-state index is 11.7. The molecule has 7 nitrogen and oxygen atoms in total. The van der Waals surface area contributed by atoms with Crippen molar-refractivity contribution in [2.45, 2.75) is 0 Å². The van der Waals surface area contributed by atoms with E-state index < -0.39 is 0 Å². The van der Waals surface area contributed by atoms with E-state index in [2.05, 4.69) is 4.98 Å². The summed E-state index contributed by atoms with van der Waals surface area (Å²) in [7, 11) is 3.22. The Morgan fingerprint density at radius 1 is 1.14 bits per heavy atom. The molecule has 0 aliphatic rings. The van der Waals surface area contributed by atoms with Gasteiger partial charge in [0.25, 0.3) is 0 Å². The molecule has 0 saturated carbocycles. The number of carbonyl (C=O) groups is 1. The van der Waals surface area contributed by atoms with Gasteiger partial charge in [-0.15, -0.1) is 0 Å². The molecule has 0 spiro atoms. The predicted octanol–water partition coefficient (Wildman–Crippen LogP) is 3.40. The molecule has 0 aliphatic heterocycles. The minimum absolute atomic E-state index is 0.467. The molecule has 142 valence electrons. The van der Waals surface area contributed by atoms with Gasteiger partial charge in [-0.2, -0.15) is 0 Å². The van der Waals surface area contributed by atoms with Crippen LogP contribution in [0.1, 0.15) is 10.4 Å². The predicted molar refractivity (Wildman–Crippen MR) is 105 cm³/mol. The van der Waals surface area contributed by atoms with Gasteiger partial charge in [-0.05, 0) is 18.2 Å². The number of hydrogen-bond acceptors (Lipinski definition) is 6. The number of para-hydroxylation sites is 1. The molecule has 0 fully saturated rings. The first-order valence-corrected chi connectivity index (χ1v) is 8.77. The van der Waals surface area contributed by atoms with E-state index in [0.717, 1.165) is 23.0 Å². The fourth-order valence-electron chi connectivity index (χ4n) is 3.13. The molecule has 0 amide bonds. The van der Waals surface area contributed by atoms with E-state index >= 15 is 0 Å². The number of methoxy groups -OCH3 is 2. The number of aldehydes is 1. The zero-order valence-corrected chi connectivity index (χ0v) is 15.6. The second-order valence-corrected chi connectivity index (χ2v) is 6.15. The number of pyridine rings is 2. The van der Waals surface area contributed by atoms with E-state index in [4.69, 9.17) is 19.2 Å². The maximum Gasteiger partial charge on any atom is 0.150 e. The summed E-state index contributed by atoms with van der Waals surface area (Å²) < 4.78 is 18.0. The maximum absolute atomic E-state index is 11.7. The molecule has 3 aromatic heterocycles. The van der Waals surface area contributed by atoms with Gasteiger partial charge < -0.3 is 14.2 Å². The van der Waals surface area contributed by atoms with Crippen molar-refractivity contribution in [2.75, 3.05) is 27.4 Å². The Kier molecular flexibility index (Phi) is 4.90. The molecule has 1 aromatic carbocycles. The monoisotopic (exact) mass is 377 g/mol. The Bertz CT molecular complexity index is 1150. The summed E-state index contributed by atoms with van der Waals surface area (Å²) in [5.41, 5.74) is 3.32. The van der Waals surface area contributed by atoms with Gasteiger partial charge in [0.1, 0.15) is 29.3 Å². The van der Waals surface area contributed by atoms with Crippen LogP contribution in [-0.2, 0) is 4.74 Å². The van der Waals surface area contributed by atoms with Crippen LogP contribution in [0.3, 0.4) is 0 Å². The zero-order chi connectivity index (χ0) is 19.5. The normalized spacial score (nSPS) is 11.1. The minimum Gasteiger partial charge on any atom is -0.494 e. The quantitative estimate of drug-likeness (QED) is 0.363. The topological polar surface area (TPSA) is 75.0 Å². The van der Waals surface area contributed by atoms with E-state index in [0.29, 0.717) is 41.5 Å². The lowest BCUT2D eigenvalue weighted by Gasteiger charge is -2.10. The second kappa shape index (κ2) is 7.66. The molecule has 0 bridgehead atoms. The molecule has 0 aliphatic carbocycles. The standard InChI is InChI=1S/C21H19N3O4/c1-26-8-9-28-15-6-7-24-18(12-22-20(24)11-15)17-10-14(13-25)16-4-3-5-19(27-2)21(16)23-17/h3-7,10-13H,8-9H2,1-2H3. The second-order valence-electron chi connectivity index (χ2n) is 6.15. The van der Waals surface area contributed by atoms with Gasteiger partial charge in [0.15, 0.2) is 6.29 Å². The SMILES string of the molecule is COCCOc1ccn2c(-c3cc(C=O)c4cccc(OC)c4n3)cnc2c1. The molecule has 4 aromatic rings. The lowest BCUT2D eigenvalue weighted by Crippen LogP contribution is -2.04. The number of rotatable bonds is 7. The average molecular weight is 377 g/mol. The molecule has 0 unspecified atom stereocenters. The van der Waals surface area contributed by atoms with E-state index in [1.165, 1.54) is 0 Å². The lowest BCUT2D eigenvalue weighted by atomic mass is 10.1. The van der Waals surface area contributed by atoms with Gasteiger partial charge in [0, 0.05) is 30.3 Å². The van der Waals surface area contributed by atoms with Gasteiger partial charge >= 0.3 is 0 Å². The third-order valence-electron chi connectivity index (χ3n) is 4.48. The molecule has 0 N–H and O–H groups in total. The van der Waals surface area contributed by atoms with Gasteiger partial charge in [0.2, 0.25) is 0 Å². The van der Waals surface area contributed by atoms with Crippen molar-refractivity contribution < 1.29 is 19.0 Å². The highest BCUT2D eigenvalue weighted by atomic mass is 16.5. The molecule has 7 heteroatoms. The Balaban J connectivity index is 1.81. The number of imidazole rings is 1. The first kappa shape index (κ1) is 17.9. The van der Waals surface area contributed by atoms with Crippen molar-refractivity contribution >= 4 is 22.8 Å². The highest BCUT2D eigenvalue weighted by Gasteiger charge is 2.14. The fraction of sp³-hybridized carbons (Fsp3) is 0.190. The summed E-state index contributed by atoms with van der Waals surface area (Å²) in [6, 6.07) is 11.0. The summed E-state index contributed by atoms with van der Waals surface area (Å²) in [4.78, 5) is 20.8. The largest absolute Gasteiger partial charge is 0.494 e. The van der Waals surface area contributed by atoms with Crippen molar-refractivity contribution in [1.29, 1.82) is 0 Å². The number of aromatic nitrogens is 3. The van der Waals surface area contributed by atoms with Crippen LogP contribution in [0.4, 0.5) is 0 Å². The molecular weight excluding hydrogens is 358 g/mol. The Labute approximate surface area is 161 Å². The van der Waals surface area contributed by atoms with Gasteiger partial charge in [-0.1, -0.05) is 12.1 Å². The molecule has 0 atom stereocenters. The number of ether oxygens (including phenoxy) is 3. The van der Waals surface area contributed by atoms with Crippen LogP contribution >= 0.6 is 0 Å². The van der Waals surface area contributed by atoms with Crippen LogP contribution in [0.2, 0.25) is 0 Å². The van der Waals surface area contributed by atoms with Crippen molar-refractivity contribution in [1.82, 2.24) is 14.4 Å². The van der Waals surface area contributed by atoms with E-state index in [1.807, 2.05) is 40.9 Å².